The van der Waals surface area contributed by atoms with E-state index in [1.54, 1.807) is 19.1 Å². The highest BCUT2D eigenvalue weighted by Crippen LogP contribution is 2.46. The van der Waals surface area contributed by atoms with Gasteiger partial charge in [0, 0.05) is 40.6 Å². The number of ketones is 1. The van der Waals surface area contributed by atoms with Gasteiger partial charge in [-0.15, -0.1) is 0 Å². The second kappa shape index (κ2) is 7.76. The Morgan fingerprint density at radius 2 is 1.58 bits per heavy atom. The molecule has 2 N–H and O–H groups in total. The van der Waals surface area contributed by atoms with Crippen molar-refractivity contribution >= 4 is 17.4 Å². The quantitative estimate of drug-likeness (QED) is 0.714. The first kappa shape index (κ1) is 21.0. The third-order valence-electron chi connectivity index (χ3n) is 5.79. The Morgan fingerprint density at radius 3 is 2.19 bits per heavy atom. The molecule has 1 amide bonds. The van der Waals surface area contributed by atoms with Crippen molar-refractivity contribution in [3.8, 4) is 0 Å². The van der Waals surface area contributed by atoms with Crippen molar-refractivity contribution in [2.45, 2.75) is 39.5 Å². The zero-order valence-electron chi connectivity index (χ0n) is 17.7. The van der Waals surface area contributed by atoms with Gasteiger partial charge in [0.2, 0.25) is 0 Å². The standard InChI is InChI=1S/C25H24F2N2O2/c1-14-21(24(31)29-18-10-8-17(27)9-11-18)22(15-4-6-16(26)7-5-15)23-19(28-14)12-25(2,3)13-20(23)30/h4-11,22,28H,12-13H2,1-3H3,(H,29,31)/t22-/m1/s1. The molecule has 31 heavy (non-hydrogen) atoms. The number of rotatable bonds is 3. The fourth-order valence-corrected chi connectivity index (χ4v) is 4.46. The van der Waals surface area contributed by atoms with Crippen LogP contribution >= 0.6 is 0 Å². The summed E-state index contributed by atoms with van der Waals surface area (Å²) in [6, 6.07) is 11.4. The van der Waals surface area contributed by atoms with E-state index in [0.29, 0.717) is 40.9 Å². The number of carbonyl (C=O) groups is 2. The van der Waals surface area contributed by atoms with E-state index >= 15 is 0 Å². The number of amides is 1. The number of Topliss-reactive ketones (excluding diaryl/α,β-unsaturated/α-hetero) is 1. The minimum atomic E-state index is -0.610. The van der Waals surface area contributed by atoms with Crippen LogP contribution in [0, 0.1) is 17.0 Å². The van der Waals surface area contributed by atoms with Gasteiger partial charge in [-0.3, -0.25) is 9.59 Å². The van der Waals surface area contributed by atoms with Gasteiger partial charge in [0.15, 0.2) is 5.78 Å². The van der Waals surface area contributed by atoms with Crippen LogP contribution in [-0.2, 0) is 9.59 Å². The van der Waals surface area contributed by atoms with E-state index in [1.165, 1.54) is 36.4 Å². The maximum absolute atomic E-state index is 13.6. The molecule has 2 aromatic rings. The van der Waals surface area contributed by atoms with E-state index in [-0.39, 0.29) is 17.0 Å². The van der Waals surface area contributed by atoms with E-state index in [9.17, 15) is 18.4 Å². The zero-order valence-corrected chi connectivity index (χ0v) is 17.7. The van der Waals surface area contributed by atoms with Crippen molar-refractivity contribution in [1.82, 2.24) is 5.32 Å². The molecule has 1 aliphatic heterocycles. The molecule has 0 aromatic heterocycles. The zero-order chi connectivity index (χ0) is 22.3. The summed E-state index contributed by atoms with van der Waals surface area (Å²) in [6.45, 7) is 5.88. The van der Waals surface area contributed by atoms with Crippen molar-refractivity contribution in [2.24, 2.45) is 5.41 Å². The summed E-state index contributed by atoms with van der Waals surface area (Å²) in [4.78, 5) is 26.5. The lowest BCUT2D eigenvalue weighted by Crippen LogP contribution is -2.39. The fourth-order valence-electron chi connectivity index (χ4n) is 4.46. The van der Waals surface area contributed by atoms with E-state index < -0.39 is 17.6 Å². The lowest BCUT2D eigenvalue weighted by molar-refractivity contribution is -0.118. The number of dihydropyridines is 1. The van der Waals surface area contributed by atoms with Crippen molar-refractivity contribution in [3.05, 3.63) is 88.3 Å². The molecule has 0 fully saturated rings. The van der Waals surface area contributed by atoms with Gasteiger partial charge in [-0.2, -0.15) is 0 Å². The molecule has 1 atom stereocenters. The highest BCUT2D eigenvalue weighted by atomic mass is 19.1. The Morgan fingerprint density at radius 1 is 1.00 bits per heavy atom. The van der Waals surface area contributed by atoms with Crippen LogP contribution in [0.3, 0.4) is 0 Å². The molecule has 160 valence electrons. The van der Waals surface area contributed by atoms with Crippen LogP contribution in [0.2, 0.25) is 0 Å². The van der Waals surface area contributed by atoms with Crippen LogP contribution in [0.15, 0.2) is 71.1 Å². The summed E-state index contributed by atoms with van der Waals surface area (Å²) < 4.78 is 26.8. The minimum Gasteiger partial charge on any atom is -0.362 e. The number of allylic oxidation sites excluding steroid dienone is 3. The van der Waals surface area contributed by atoms with Gasteiger partial charge in [0.25, 0.3) is 5.91 Å². The number of carbonyl (C=O) groups excluding carboxylic acids is 2. The molecule has 4 rings (SSSR count). The Labute approximate surface area is 180 Å². The number of halogens is 2. The molecule has 2 aliphatic rings. The van der Waals surface area contributed by atoms with Crippen LogP contribution < -0.4 is 10.6 Å². The van der Waals surface area contributed by atoms with E-state index in [0.717, 1.165) is 5.70 Å². The summed E-state index contributed by atoms with van der Waals surface area (Å²) in [6.07, 6.45) is 1.05. The van der Waals surface area contributed by atoms with Gasteiger partial charge in [-0.1, -0.05) is 26.0 Å². The number of hydrogen-bond acceptors (Lipinski definition) is 3. The van der Waals surface area contributed by atoms with Crippen molar-refractivity contribution in [3.63, 3.8) is 0 Å². The summed E-state index contributed by atoms with van der Waals surface area (Å²) in [5.74, 6) is -1.81. The molecule has 6 heteroatoms. The Kier molecular flexibility index (Phi) is 5.25. The molecule has 0 spiro atoms. The molecule has 1 heterocycles. The maximum atomic E-state index is 13.6. The SMILES string of the molecule is CC1=C(C(=O)Nc2ccc(F)cc2)[C@@H](c2ccc(F)cc2)C2=C(CC(C)(C)CC2=O)N1. The second-order valence-electron chi connectivity index (χ2n) is 8.94. The van der Waals surface area contributed by atoms with Gasteiger partial charge in [-0.05, 0) is 60.7 Å². The maximum Gasteiger partial charge on any atom is 0.254 e. The van der Waals surface area contributed by atoms with Gasteiger partial charge < -0.3 is 10.6 Å². The Bertz CT molecular complexity index is 1110. The normalized spacial score (nSPS) is 20.3. The summed E-state index contributed by atoms with van der Waals surface area (Å²) in [7, 11) is 0. The van der Waals surface area contributed by atoms with Crippen molar-refractivity contribution in [1.29, 1.82) is 0 Å². The Balaban J connectivity index is 1.79. The number of anilines is 1. The average Bonchev–Trinajstić information content (AvgIpc) is 2.68. The predicted molar refractivity (Wildman–Crippen MR) is 115 cm³/mol. The van der Waals surface area contributed by atoms with E-state index in [2.05, 4.69) is 10.6 Å². The first-order valence-electron chi connectivity index (χ1n) is 10.2. The summed E-state index contributed by atoms with van der Waals surface area (Å²) in [5.41, 5.74) is 3.32. The molecular formula is C25H24F2N2O2. The third kappa shape index (κ3) is 4.15. The predicted octanol–water partition coefficient (Wildman–Crippen LogP) is 5.21. The van der Waals surface area contributed by atoms with Gasteiger partial charge in [0.05, 0.1) is 0 Å². The Hall–Kier alpha value is -3.28. The summed E-state index contributed by atoms with van der Waals surface area (Å²) in [5, 5.41) is 6.08. The molecular weight excluding hydrogens is 398 g/mol. The van der Waals surface area contributed by atoms with Crippen molar-refractivity contribution < 1.29 is 18.4 Å². The monoisotopic (exact) mass is 422 g/mol. The molecule has 2 aromatic carbocycles. The van der Waals surface area contributed by atoms with Crippen LogP contribution in [0.4, 0.5) is 14.5 Å². The molecule has 0 bridgehead atoms. The molecule has 0 radical (unpaired) electrons. The number of hydrogen-bond donors (Lipinski definition) is 2. The first-order chi connectivity index (χ1) is 14.6. The number of nitrogens with one attached hydrogen (secondary N) is 2. The smallest absolute Gasteiger partial charge is 0.254 e. The lowest BCUT2D eigenvalue weighted by atomic mass is 9.68. The lowest BCUT2D eigenvalue weighted by Gasteiger charge is -2.39. The van der Waals surface area contributed by atoms with Crippen LogP contribution in [0.25, 0.3) is 0 Å². The average molecular weight is 422 g/mol. The minimum absolute atomic E-state index is 0.0207. The second-order valence-corrected chi connectivity index (χ2v) is 8.94. The molecule has 0 saturated heterocycles. The number of benzene rings is 2. The van der Waals surface area contributed by atoms with Crippen LogP contribution in [0.1, 0.15) is 45.1 Å². The molecule has 0 unspecified atom stereocenters. The molecule has 1 aliphatic carbocycles. The van der Waals surface area contributed by atoms with Crippen LogP contribution in [0.5, 0.6) is 0 Å². The third-order valence-corrected chi connectivity index (χ3v) is 5.79. The van der Waals surface area contributed by atoms with Gasteiger partial charge in [0.1, 0.15) is 11.6 Å². The molecule has 4 nitrogen and oxygen atoms in total. The largest absolute Gasteiger partial charge is 0.362 e. The van der Waals surface area contributed by atoms with Gasteiger partial charge in [-0.25, -0.2) is 8.78 Å². The van der Waals surface area contributed by atoms with E-state index in [1.807, 2.05) is 13.8 Å². The first-order valence-corrected chi connectivity index (χ1v) is 10.2. The highest BCUT2D eigenvalue weighted by molar-refractivity contribution is 6.09. The van der Waals surface area contributed by atoms with E-state index in [4.69, 9.17) is 0 Å². The van der Waals surface area contributed by atoms with Crippen molar-refractivity contribution in [2.75, 3.05) is 5.32 Å². The summed E-state index contributed by atoms with van der Waals surface area (Å²) >= 11 is 0. The van der Waals surface area contributed by atoms with Gasteiger partial charge >= 0.3 is 0 Å². The fraction of sp³-hybridized carbons (Fsp3) is 0.280. The molecule has 0 saturated carbocycles. The highest BCUT2D eigenvalue weighted by Gasteiger charge is 2.42. The topological polar surface area (TPSA) is 58.2 Å². The van der Waals surface area contributed by atoms with Crippen LogP contribution in [-0.4, -0.2) is 11.7 Å².